The van der Waals surface area contributed by atoms with Crippen LogP contribution in [0.5, 0.6) is 0 Å². The van der Waals surface area contributed by atoms with Crippen LogP contribution < -0.4 is 10.6 Å². The van der Waals surface area contributed by atoms with Crippen LogP contribution in [0.3, 0.4) is 0 Å². The Labute approximate surface area is 166 Å². The lowest BCUT2D eigenvalue weighted by molar-refractivity contribution is 0.443. The number of rotatable bonds is 3. The van der Waals surface area contributed by atoms with E-state index in [1.54, 1.807) is 0 Å². The molecule has 3 nitrogen and oxygen atoms in total. The predicted octanol–water partition coefficient (Wildman–Crippen LogP) is 6.83. The second kappa shape index (κ2) is 7.16. The summed E-state index contributed by atoms with van der Waals surface area (Å²) in [6.45, 7) is 0. The fourth-order valence-electron chi connectivity index (χ4n) is 4.61. The minimum atomic E-state index is 0.289. The van der Waals surface area contributed by atoms with Crippen molar-refractivity contribution < 1.29 is 0 Å². The molecule has 0 heterocycles. The molecule has 0 saturated heterocycles. The van der Waals surface area contributed by atoms with Gasteiger partial charge in [-0.1, -0.05) is 67.8 Å². The van der Waals surface area contributed by atoms with E-state index in [2.05, 4.69) is 77.4 Å². The highest BCUT2D eigenvalue weighted by Crippen LogP contribution is 2.35. The maximum atomic E-state index is 8.37. The van der Waals surface area contributed by atoms with Crippen LogP contribution in [0.1, 0.15) is 54.7 Å². The molecule has 0 atom stereocenters. The number of hydrogen-bond acceptors (Lipinski definition) is 1. The van der Waals surface area contributed by atoms with E-state index in [4.69, 9.17) is 5.41 Å². The van der Waals surface area contributed by atoms with E-state index in [-0.39, 0.29) is 5.96 Å². The molecule has 3 aromatic carbocycles. The van der Waals surface area contributed by atoms with Crippen LogP contribution in [0.25, 0.3) is 22.9 Å². The summed E-state index contributed by atoms with van der Waals surface area (Å²) in [5.41, 5.74) is 5.83. The molecule has 0 aliphatic heterocycles. The van der Waals surface area contributed by atoms with E-state index < -0.39 is 0 Å². The van der Waals surface area contributed by atoms with E-state index in [9.17, 15) is 0 Å². The number of nitrogens with one attached hydrogen (secondary N) is 3. The van der Waals surface area contributed by atoms with Crippen LogP contribution in [0.15, 0.2) is 54.6 Å². The zero-order valence-corrected chi connectivity index (χ0v) is 16.0. The molecule has 2 aliphatic carbocycles. The molecule has 0 spiro atoms. The summed E-state index contributed by atoms with van der Waals surface area (Å²) in [6.07, 6.45) is 11.0. The van der Waals surface area contributed by atoms with Gasteiger partial charge in [0.25, 0.3) is 0 Å². The first kappa shape index (κ1) is 17.1. The van der Waals surface area contributed by atoms with Gasteiger partial charge in [-0.3, -0.25) is 5.41 Å². The van der Waals surface area contributed by atoms with Crippen molar-refractivity contribution in [3.8, 4) is 0 Å². The molecule has 0 unspecified atom stereocenters. The lowest BCUT2D eigenvalue weighted by Crippen LogP contribution is -2.20. The molecule has 0 aromatic heterocycles. The monoisotopic (exact) mass is 367 g/mol. The van der Waals surface area contributed by atoms with Crippen molar-refractivity contribution in [3.05, 3.63) is 71.3 Å². The third-order valence-electron chi connectivity index (χ3n) is 6.06. The number of benzene rings is 3. The SMILES string of the molecule is N=C(Nc1ccc(C2CCCCC2)cc1)Nc1ccc2c3c(cccc13)C=C2. The average Bonchev–Trinajstić information content (AvgIpc) is 3.16. The lowest BCUT2D eigenvalue weighted by atomic mass is 9.84. The second-order valence-electron chi connectivity index (χ2n) is 7.89. The Morgan fingerprint density at radius 1 is 0.786 bits per heavy atom. The molecule has 1 saturated carbocycles. The van der Waals surface area contributed by atoms with Crippen LogP contribution in [0, 0.1) is 5.41 Å². The van der Waals surface area contributed by atoms with Gasteiger partial charge in [0.15, 0.2) is 5.96 Å². The smallest absolute Gasteiger partial charge is 0.197 e. The highest BCUT2D eigenvalue weighted by molar-refractivity contribution is 6.13. The van der Waals surface area contributed by atoms with Crippen LogP contribution in [-0.4, -0.2) is 5.96 Å². The van der Waals surface area contributed by atoms with E-state index in [0.717, 1.165) is 16.8 Å². The van der Waals surface area contributed by atoms with E-state index in [0.29, 0.717) is 5.92 Å². The van der Waals surface area contributed by atoms with Crippen LogP contribution in [-0.2, 0) is 0 Å². The molecule has 0 amide bonds. The van der Waals surface area contributed by atoms with Gasteiger partial charge in [0, 0.05) is 16.8 Å². The highest BCUT2D eigenvalue weighted by atomic mass is 15.1. The first-order valence-electron chi connectivity index (χ1n) is 10.2. The average molecular weight is 367 g/mol. The van der Waals surface area contributed by atoms with Gasteiger partial charge in [0.1, 0.15) is 0 Å². The normalized spacial score (nSPS) is 15.7. The molecule has 3 aromatic rings. The number of anilines is 2. The summed E-state index contributed by atoms with van der Waals surface area (Å²) in [6, 6.07) is 19.1. The van der Waals surface area contributed by atoms with Gasteiger partial charge in [0.05, 0.1) is 0 Å². The summed E-state index contributed by atoms with van der Waals surface area (Å²) in [5.74, 6) is 1.000. The van der Waals surface area contributed by atoms with Crippen molar-refractivity contribution in [3.63, 3.8) is 0 Å². The maximum absolute atomic E-state index is 8.37. The van der Waals surface area contributed by atoms with Crippen LogP contribution in [0.2, 0.25) is 0 Å². The van der Waals surface area contributed by atoms with E-state index in [1.807, 2.05) is 0 Å². The molecular formula is C25H25N3. The number of hydrogen-bond donors (Lipinski definition) is 3. The third kappa shape index (κ3) is 3.18. The molecule has 5 rings (SSSR count). The van der Waals surface area contributed by atoms with Crippen LogP contribution in [0.4, 0.5) is 11.4 Å². The van der Waals surface area contributed by atoms with Crippen molar-refractivity contribution in [2.75, 3.05) is 10.6 Å². The van der Waals surface area contributed by atoms with E-state index >= 15 is 0 Å². The Bertz CT molecular complexity index is 1040. The zero-order chi connectivity index (χ0) is 18.9. The first-order valence-corrected chi connectivity index (χ1v) is 10.2. The Morgan fingerprint density at radius 2 is 1.54 bits per heavy atom. The van der Waals surface area contributed by atoms with Gasteiger partial charge in [-0.25, -0.2) is 0 Å². The Hall–Kier alpha value is -3.07. The third-order valence-corrected chi connectivity index (χ3v) is 6.06. The Morgan fingerprint density at radius 3 is 2.32 bits per heavy atom. The minimum Gasteiger partial charge on any atom is -0.326 e. The molecule has 3 N–H and O–H groups in total. The second-order valence-corrected chi connectivity index (χ2v) is 7.89. The molecule has 0 bridgehead atoms. The minimum absolute atomic E-state index is 0.289. The van der Waals surface area contributed by atoms with Crippen molar-refractivity contribution in [1.29, 1.82) is 5.41 Å². The number of guanidine groups is 1. The van der Waals surface area contributed by atoms with Gasteiger partial charge < -0.3 is 10.6 Å². The standard InChI is InChI=1S/C25H25N3/c26-25(27-21-14-11-18(12-15-21)17-5-2-1-3-6-17)28-23-16-13-20-10-9-19-7-4-8-22(23)24(19)20/h4,7-17H,1-3,5-6H2,(H3,26,27,28). The van der Waals surface area contributed by atoms with Crippen LogP contribution >= 0.6 is 0 Å². The molecule has 1 fully saturated rings. The largest absolute Gasteiger partial charge is 0.326 e. The summed E-state index contributed by atoms with van der Waals surface area (Å²) in [7, 11) is 0. The topological polar surface area (TPSA) is 47.9 Å². The highest BCUT2D eigenvalue weighted by Gasteiger charge is 2.15. The molecule has 0 radical (unpaired) electrons. The molecule has 3 heteroatoms. The maximum Gasteiger partial charge on any atom is 0.197 e. The zero-order valence-electron chi connectivity index (χ0n) is 16.0. The van der Waals surface area contributed by atoms with Gasteiger partial charge in [0.2, 0.25) is 0 Å². The fraction of sp³-hybridized carbons (Fsp3) is 0.240. The predicted molar refractivity (Wildman–Crippen MR) is 120 cm³/mol. The molecular weight excluding hydrogens is 342 g/mol. The van der Waals surface area contributed by atoms with Crippen molar-refractivity contribution in [1.82, 2.24) is 0 Å². The summed E-state index contributed by atoms with van der Waals surface area (Å²) in [4.78, 5) is 0. The van der Waals surface area contributed by atoms with Gasteiger partial charge in [-0.2, -0.15) is 0 Å². The van der Waals surface area contributed by atoms with E-state index in [1.165, 1.54) is 54.2 Å². The van der Waals surface area contributed by atoms with Gasteiger partial charge in [-0.15, -0.1) is 0 Å². The summed E-state index contributed by atoms with van der Waals surface area (Å²) in [5, 5.41) is 17.2. The summed E-state index contributed by atoms with van der Waals surface area (Å²) < 4.78 is 0. The Kier molecular flexibility index (Phi) is 4.36. The van der Waals surface area contributed by atoms with Gasteiger partial charge >= 0.3 is 0 Å². The lowest BCUT2D eigenvalue weighted by Gasteiger charge is -2.22. The molecule has 140 valence electrons. The quantitative estimate of drug-likeness (QED) is 0.274. The van der Waals surface area contributed by atoms with Crippen molar-refractivity contribution in [2.45, 2.75) is 38.0 Å². The Balaban J connectivity index is 1.30. The van der Waals surface area contributed by atoms with Crippen molar-refractivity contribution in [2.24, 2.45) is 0 Å². The summed E-state index contributed by atoms with van der Waals surface area (Å²) >= 11 is 0. The van der Waals surface area contributed by atoms with Gasteiger partial charge in [-0.05, 0) is 59.0 Å². The first-order chi connectivity index (χ1) is 13.8. The molecule has 2 aliphatic rings. The molecule has 28 heavy (non-hydrogen) atoms. The van der Waals surface area contributed by atoms with Crippen molar-refractivity contribution >= 4 is 40.3 Å². The fourth-order valence-corrected chi connectivity index (χ4v) is 4.61.